The van der Waals surface area contributed by atoms with E-state index < -0.39 is 17.4 Å². The van der Waals surface area contributed by atoms with Gasteiger partial charge in [0.05, 0.1) is 0 Å². The first kappa shape index (κ1) is 15.0. The number of carboxylic acids is 2. The van der Waals surface area contributed by atoms with E-state index in [1.807, 2.05) is 19.1 Å². The van der Waals surface area contributed by atoms with Gasteiger partial charge in [0, 0.05) is 12.0 Å². The van der Waals surface area contributed by atoms with Crippen molar-refractivity contribution in [1.29, 1.82) is 0 Å². The third kappa shape index (κ3) is 2.61. The molecule has 0 saturated carbocycles. The summed E-state index contributed by atoms with van der Waals surface area (Å²) in [7, 11) is 0. The minimum Gasteiger partial charge on any atom is -0.480 e. The van der Waals surface area contributed by atoms with Gasteiger partial charge >= 0.3 is 11.9 Å². The number of allylic oxidation sites excluding steroid dienone is 2. The van der Waals surface area contributed by atoms with Gasteiger partial charge in [-0.15, -0.1) is 0 Å². The number of aliphatic carboxylic acids is 2. The van der Waals surface area contributed by atoms with Crippen LogP contribution in [0, 0.1) is 0 Å². The van der Waals surface area contributed by atoms with Crippen molar-refractivity contribution in [2.75, 3.05) is 0 Å². The molecule has 1 aromatic rings. The Balaban J connectivity index is 2.66. The third-order valence-electron chi connectivity index (χ3n) is 3.88. The number of hydrogen-bond donors (Lipinski definition) is 2. The molecule has 0 radical (unpaired) electrons. The Morgan fingerprint density at radius 1 is 1.24 bits per heavy atom. The van der Waals surface area contributed by atoms with Crippen LogP contribution in [-0.2, 0) is 21.4 Å². The van der Waals surface area contributed by atoms with E-state index in [0.717, 1.165) is 5.56 Å². The van der Waals surface area contributed by atoms with Gasteiger partial charge in [0.25, 0.3) is 0 Å². The first-order valence-electron chi connectivity index (χ1n) is 6.86. The molecule has 0 amide bonds. The lowest BCUT2D eigenvalue weighted by Gasteiger charge is -2.32. The molecule has 0 heterocycles. The molecular weight excluding hydrogens is 268 g/mol. The summed E-state index contributed by atoms with van der Waals surface area (Å²) in [5, 5.41) is 19.1. The van der Waals surface area contributed by atoms with E-state index in [0.29, 0.717) is 17.6 Å². The number of carboxylic acid groups (broad SMARTS) is 2. The monoisotopic (exact) mass is 286 g/mol. The van der Waals surface area contributed by atoms with Gasteiger partial charge in [0.2, 0.25) is 0 Å². The van der Waals surface area contributed by atoms with Gasteiger partial charge in [0.15, 0.2) is 0 Å². The van der Waals surface area contributed by atoms with Gasteiger partial charge < -0.3 is 10.2 Å². The molecule has 0 spiro atoms. The van der Waals surface area contributed by atoms with Crippen molar-refractivity contribution in [1.82, 2.24) is 0 Å². The third-order valence-corrected chi connectivity index (χ3v) is 3.88. The second-order valence-electron chi connectivity index (χ2n) is 5.33. The van der Waals surface area contributed by atoms with Gasteiger partial charge in [-0.3, -0.25) is 4.79 Å². The van der Waals surface area contributed by atoms with Crippen molar-refractivity contribution >= 4 is 11.9 Å². The maximum Gasteiger partial charge on any atom is 0.331 e. The van der Waals surface area contributed by atoms with Crippen LogP contribution in [0.2, 0.25) is 0 Å². The Labute approximate surface area is 123 Å². The van der Waals surface area contributed by atoms with Gasteiger partial charge in [-0.05, 0) is 30.5 Å². The minimum absolute atomic E-state index is 0.0357. The first-order valence-corrected chi connectivity index (χ1v) is 6.86. The predicted octanol–water partition coefficient (Wildman–Crippen LogP) is 2.93. The molecule has 1 aliphatic carbocycles. The normalized spacial score (nSPS) is 21.4. The molecule has 0 saturated heterocycles. The fourth-order valence-electron chi connectivity index (χ4n) is 2.93. The van der Waals surface area contributed by atoms with Gasteiger partial charge in [-0.25, -0.2) is 4.79 Å². The Kier molecular flexibility index (Phi) is 3.98. The SMILES string of the molecule is CCc1ccccc1C1(C(=O)O)C=C(C)C=C(C(=O)O)C1. The minimum atomic E-state index is -1.31. The van der Waals surface area contributed by atoms with Crippen molar-refractivity contribution in [3.8, 4) is 0 Å². The Hall–Kier alpha value is -2.36. The highest BCUT2D eigenvalue weighted by molar-refractivity contribution is 5.93. The highest BCUT2D eigenvalue weighted by atomic mass is 16.4. The molecular formula is C17H18O4. The average molecular weight is 286 g/mol. The molecule has 4 nitrogen and oxygen atoms in total. The molecule has 0 fully saturated rings. The highest BCUT2D eigenvalue weighted by Crippen LogP contribution is 2.39. The van der Waals surface area contributed by atoms with Crippen LogP contribution in [0.15, 0.2) is 47.6 Å². The maximum atomic E-state index is 12.0. The van der Waals surface area contributed by atoms with Crippen molar-refractivity contribution in [3.05, 3.63) is 58.7 Å². The van der Waals surface area contributed by atoms with Crippen LogP contribution < -0.4 is 0 Å². The molecule has 0 bridgehead atoms. The fraction of sp³-hybridized carbons (Fsp3) is 0.294. The van der Waals surface area contributed by atoms with Crippen LogP contribution in [0.5, 0.6) is 0 Å². The van der Waals surface area contributed by atoms with Gasteiger partial charge in [0.1, 0.15) is 5.41 Å². The Morgan fingerprint density at radius 3 is 2.48 bits per heavy atom. The number of carbonyl (C=O) groups is 2. The van der Waals surface area contributed by atoms with Crippen molar-refractivity contribution in [3.63, 3.8) is 0 Å². The lowest BCUT2D eigenvalue weighted by molar-refractivity contribution is -0.142. The summed E-state index contributed by atoms with van der Waals surface area (Å²) in [6.45, 7) is 3.69. The van der Waals surface area contributed by atoms with Crippen LogP contribution in [0.25, 0.3) is 0 Å². The van der Waals surface area contributed by atoms with E-state index in [1.54, 1.807) is 25.1 Å². The Bertz CT molecular complexity index is 655. The molecule has 1 aliphatic rings. The van der Waals surface area contributed by atoms with E-state index in [9.17, 15) is 19.8 Å². The second kappa shape index (κ2) is 5.56. The number of hydrogen-bond acceptors (Lipinski definition) is 2. The largest absolute Gasteiger partial charge is 0.480 e. The molecule has 0 aromatic heterocycles. The second-order valence-corrected chi connectivity index (χ2v) is 5.33. The fourth-order valence-corrected chi connectivity index (χ4v) is 2.93. The van der Waals surface area contributed by atoms with Crippen LogP contribution >= 0.6 is 0 Å². The Morgan fingerprint density at radius 2 is 1.90 bits per heavy atom. The van der Waals surface area contributed by atoms with Gasteiger partial charge in [-0.2, -0.15) is 0 Å². The zero-order chi connectivity index (χ0) is 15.6. The van der Waals surface area contributed by atoms with E-state index in [4.69, 9.17) is 0 Å². The van der Waals surface area contributed by atoms with E-state index in [1.165, 1.54) is 6.08 Å². The number of rotatable bonds is 4. The van der Waals surface area contributed by atoms with E-state index >= 15 is 0 Å². The maximum absolute atomic E-state index is 12.0. The average Bonchev–Trinajstić information content (AvgIpc) is 2.46. The first-order chi connectivity index (χ1) is 9.90. The molecule has 0 aliphatic heterocycles. The highest BCUT2D eigenvalue weighted by Gasteiger charge is 2.43. The van der Waals surface area contributed by atoms with Crippen molar-refractivity contribution in [2.24, 2.45) is 0 Å². The van der Waals surface area contributed by atoms with Crippen LogP contribution in [0.4, 0.5) is 0 Å². The van der Waals surface area contributed by atoms with E-state index in [2.05, 4.69) is 0 Å². The lowest BCUT2D eigenvalue weighted by atomic mass is 9.70. The van der Waals surface area contributed by atoms with Crippen molar-refractivity contribution < 1.29 is 19.8 Å². The topological polar surface area (TPSA) is 74.6 Å². The quantitative estimate of drug-likeness (QED) is 0.892. The summed E-state index contributed by atoms with van der Waals surface area (Å²) in [6.07, 6.45) is 3.87. The van der Waals surface area contributed by atoms with Crippen LogP contribution in [-0.4, -0.2) is 22.2 Å². The molecule has 2 N–H and O–H groups in total. The number of aryl methyl sites for hydroxylation is 1. The van der Waals surface area contributed by atoms with Crippen molar-refractivity contribution in [2.45, 2.75) is 32.1 Å². The van der Waals surface area contributed by atoms with Gasteiger partial charge in [-0.1, -0.05) is 42.8 Å². The summed E-state index contributed by atoms with van der Waals surface area (Å²) >= 11 is 0. The molecule has 4 heteroatoms. The summed E-state index contributed by atoms with van der Waals surface area (Å²) in [4.78, 5) is 23.3. The zero-order valence-electron chi connectivity index (χ0n) is 12.1. The lowest BCUT2D eigenvalue weighted by Crippen LogP contribution is -2.38. The van der Waals surface area contributed by atoms with Crippen LogP contribution in [0.1, 0.15) is 31.4 Å². The molecule has 110 valence electrons. The summed E-state index contributed by atoms with van der Waals surface area (Å²) < 4.78 is 0. The van der Waals surface area contributed by atoms with E-state index in [-0.39, 0.29) is 12.0 Å². The predicted molar refractivity (Wildman–Crippen MR) is 79.2 cm³/mol. The van der Waals surface area contributed by atoms with Crippen LogP contribution in [0.3, 0.4) is 0 Å². The standard InChI is InChI=1S/C17H18O4/c1-3-12-6-4-5-7-14(12)17(16(20)21)9-11(2)8-13(10-17)15(18)19/h4-9H,3,10H2,1-2H3,(H,18,19)(H,20,21). The zero-order valence-corrected chi connectivity index (χ0v) is 12.1. The molecule has 21 heavy (non-hydrogen) atoms. The summed E-state index contributed by atoms with van der Waals surface area (Å²) in [6, 6.07) is 7.33. The number of benzene rings is 1. The summed E-state index contributed by atoms with van der Waals surface area (Å²) in [5.41, 5.74) is 1.08. The molecule has 1 aromatic carbocycles. The molecule has 1 unspecified atom stereocenters. The smallest absolute Gasteiger partial charge is 0.331 e. The molecule has 1 atom stereocenters. The summed E-state index contributed by atoms with van der Waals surface area (Å²) in [5.74, 6) is -2.09. The molecule has 2 rings (SSSR count).